The summed E-state index contributed by atoms with van der Waals surface area (Å²) in [6.07, 6.45) is 0.795. The van der Waals surface area contributed by atoms with Gasteiger partial charge in [0.1, 0.15) is 11.9 Å². The number of nitrogens with zero attached hydrogens (tertiary/aromatic N) is 3. The molecule has 0 aliphatic rings. The van der Waals surface area contributed by atoms with Crippen LogP contribution in [0.4, 0.5) is 0 Å². The molecule has 0 saturated carbocycles. The first-order valence-corrected chi connectivity index (χ1v) is 9.59. The summed E-state index contributed by atoms with van der Waals surface area (Å²) >= 11 is 0. The molecule has 0 spiro atoms. The molecule has 2 atom stereocenters. The second-order valence-electron chi connectivity index (χ2n) is 6.46. The van der Waals surface area contributed by atoms with Crippen molar-refractivity contribution in [1.82, 2.24) is 20.8 Å². The first kappa shape index (κ1) is 21.7. The van der Waals surface area contributed by atoms with Gasteiger partial charge in [-0.3, -0.25) is 4.99 Å². The van der Waals surface area contributed by atoms with Gasteiger partial charge < -0.3 is 24.6 Å². The predicted molar refractivity (Wildman–Crippen MR) is 109 cm³/mol. The SMILES string of the molecule is CCOC(C)c1noc(CNC(=NC)NCCC(C)c2ccc(OC)cc2)n1. The lowest BCUT2D eigenvalue weighted by atomic mass is 9.98. The average Bonchev–Trinajstić information content (AvgIpc) is 3.20. The van der Waals surface area contributed by atoms with Gasteiger partial charge in [0.15, 0.2) is 11.8 Å². The Kier molecular flexibility index (Phi) is 8.74. The second-order valence-corrected chi connectivity index (χ2v) is 6.46. The molecule has 0 amide bonds. The van der Waals surface area contributed by atoms with Crippen LogP contribution in [0.2, 0.25) is 0 Å². The maximum absolute atomic E-state index is 5.46. The van der Waals surface area contributed by atoms with Gasteiger partial charge >= 0.3 is 0 Å². The molecule has 2 unspecified atom stereocenters. The monoisotopic (exact) mass is 389 g/mol. The van der Waals surface area contributed by atoms with E-state index in [1.54, 1.807) is 14.2 Å². The number of benzene rings is 1. The predicted octanol–water partition coefficient (Wildman–Crippen LogP) is 3.03. The summed E-state index contributed by atoms with van der Waals surface area (Å²) in [5, 5.41) is 10.4. The van der Waals surface area contributed by atoms with E-state index in [1.807, 2.05) is 26.0 Å². The van der Waals surface area contributed by atoms with Crippen LogP contribution >= 0.6 is 0 Å². The van der Waals surface area contributed by atoms with E-state index in [2.05, 4.69) is 44.8 Å². The third kappa shape index (κ3) is 6.53. The van der Waals surface area contributed by atoms with Gasteiger partial charge in [-0.25, -0.2) is 0 Å². The Bertz CT molecular complexity index is 730. The van der Waals surface area contributed by atoms with Crippen LogP contribution in [0.25, 0.3) is 0 Å². The summed E-state index contributed by atoms with van der Waals surface area (Å²) in [5.41, 5.74) is 1.28. The molecule has 1 aromatic carbocycles. The van der Waals surface area contributed by atoms with E-state index in [1.165, 1.54) is 5.56 Å². The third-order valence-corrected chi connectivity index (χ3v) is 4.45. The topological polar surface area (TPSA) is 93.8 Å². The van der Waals surface area contributed by atoms with E-state index in [4.69, 9.17) is 14.0 Å². The summed E-state index contributed by atoms with van der Waals surface area (Å²) in [4.78, 5) is 8.57. The molecule has 0 bridgehead atoms. The molecule has 2 rings (SSSR count). The molecule has 0 saturated heterocycles. The van der Waals surface area contributed by atoms with Crippen molar-refractivity contribution in [3.63, 3.8) is 0 Å². The number of hydrogen-bond donors (Lipinski definition) is 2. The molecule has 2 aromatic rings. The number of nitrogens with one attached hydrogen (secondary N) is 2. The van der Waals surface area contributed by atoms with Gasteiger partial charge in [-0.1, -0.05) is 24.2 Å². The molecular formula is C20H31N5O3. The van der Waals surface area contributed by atoms with Crippen LogP contribution in [-0.4, -0.2) is 43.4 Å². The van der Waals surface area contributed by atoms with Crippen LogP contribution < -0.4 is 15.4 Å². The Morgan fingerprint density at radius 1 is 1.21 bits per heavy atom. The lowest BCUT2D eigenvalue weighted by Gasteiger charge is -2.15. The van der Waals surface area contributed by atoms with Crippen molar-refractivity contribution in [3.05, 3.63) is 41.5 Å². The second kappa shape index (κ2) is 11.3. The van der Waals surface area contributed by atoms with E-state index in [9.17, 15) is 0 Å². The van der Waals surface area contributed by atoms with E-state index < -0.39 is 0 Å². The third-order valence-electron chi connectivity index (χ3n) is 4.45. The highest BCUT2D eigenvalue weighted by Gasteiger charge is 2.14. The summed E-state index contributed by atoms with van der Waals surface area (Å²) < 4.78 is 15.9. The molecule has 0 radical (unpaired) electrons. The van der Waals surface area contributed by atoms with Crippen molar-refractivity contribution in [1.29, 1.82) is 0 Å². The highest BCUT2D eigenvalue weighted by Crippen LogP contribution is 2.21. The first-order valence-electron chi connectivity index (χ1n) is 9.59. The molecule has 28 heavy (non-hydrogen) atoms. The smallest absolute Gasteiger partial charge is 0.246 e. The fourth-order valence-corrected chi connectivity index (χ4v) is 2.72. The first-order chi connectivity index (χ1) is 13.6. The maximum atomic E-state index is 5.46. The van der Waals surface area contributed by atoms with Crippen LogP contribution in [0, 0.1) is 0 Å². The van der Waals surface area contributed by atoms with E-state index >= 15 is 0 Å². The van der Waals surface area contributed by atoms with Crippen molar-refractivity contribution in [2.75, 3.05) is 27.3 Å². The zero-order chi connectivity index (χ0) is 20.4. The lowest BCUT2D eigenvalue weighted by Crippen LogP contribution is -2.37. The summed E-state index contributed by atoms with van der Waals surface area (Å²) in [7, 11) is 3.41. The Labute approximate surface area is 166 Å². The highest BCUT2D eigenvalue weighted by molar-refractivity contribution is 5.79. The van der Waals surface area contributed by atoms with Crippen LogP contribution in [-0.2, 0) is 11.3 Å². The van der Waals surface area contributed by atoms with Gasteiger partial charge in [0.05, 0.1) is 13.7 Å². The van der Waals surface area contributed by atoms with Crippen molar-refractivity contribution in [3.8, 4) is 5.75 Å². The fraction of sp³-hybridized carbons (Fsp3) is 0.550. The van der Waals surface area contributed by atoms with Crippen molar-refractivity contribution < 1.29 is 14.0 Å². The number of aromatic nitrogens is 2. The molecule has 1 heterocycles. The molecule has 0 aliphatic carbocycles. The van der Waals surface area contributed by atoms with E-state index in [0.717, 1.165) is 18.7 Å². The standard InChI is InChI=1S/C20H31N5O3/c1-6-27-15(3)19-24-18(28-25-19)13-23-20(21-4)22-12-11-14(2)16-7-9-17(26-5)10-8-16/h7-10,14-15H,6,11-13H2,1-5H3,(H2,21,22,23). The summed E-state index contributed by atoms with van der Waals surface area (Å²) in [6, 6.07) is 8.19. The number of guanidine groups is 1. The Hall–Kier alpha value is -2.61. The van der Waals surface area contributed by atoms with Gasteiger partial charge in [0, 0.05) is 20.2 Å². The molecule has 0 aliphatic heterocycles. The van der Waals surface area contributed by atoms with E-state index in [-0.39, 0.29) is 6.10 Å². The fourth-order valence-electron chi connectivity index (χ4n) is 2.72. The Morgan fingerprint density at radius 3 is 2.61 bits per heavy atom. The van der Waals surface area contributed by atoms with Crippen molar-refractivity contribution >= 4 is 5.96 Å². The van der Waals surface area contributed by atoms with E-state index in [0.29, 0.717) is 36.7 Å². The van der Waals surface area contributed by atoms with Gasteiger partial charge in [-0.05, 0) is 43.9 Å². The van der Waals surface area contributed by atoms with Crippen LogP contribution in [0.5, 0.6) is 5.75 Å². The van der Waals surface area contributed by atoms with Crippen molar-refractivity contribution in [2.24, 2.45) is 4.99 Å². The van der Waals surface area contributed by atoms with Gasteiger partial charge in [-0.2, -0.15) is 4.98 Å². The number of ether oxygens (including phenoxy) is 2. The Balaban J connectivity index is 1.75. The minimum Gasteiger partial charge on any atom is -0.497 e. The molecule has 154 valence electrons. The van der Waals surface area contributed by atoms with Gasteiger partial charge in [-0.15, -0.1) is 0 Å². The van der Waals surface area contributed by atoms with Crippen LogP contribution in [0.3, 0.4) is 0 Å². The molecular weight excluding hydrogens is 358 g/mol. The van der Waals surface area contributed by atoms with Crippen LogP contribution in [0.1, 0.15) is 56.5 Å². The minimum atomic E-state index is -0.181. The quantitative estimate of drug-likeness (QED) is 0.476. The highest BCUT2D eigenvalue weighted by atomic mass is 16.5. The molecule has 8 heteroatoms. The average molecular weight is 390 g/mol. The molecule has 8 nitrogen and oxygen atoms in total. The Morgan fingerprint density at radius 2 is 1.96 bits per heavy atom. The largest absolute Gasteiger partial charge is 0.497 e. The van der Waals surface area contributed by atoms with Crippen LogP contribution in [0.15, 0.2) is 33.8 Å². The van der Waals surface area contributed by atoms with Crippen molar-refractivity contribution in [2.45, 2.75) is 45.8 Å². The summed E-state index contributed by atoms with van der Waals surface area (Å²) in [6.45, 7) is 7.84. The summed E-state index contributed by atoms with van der Waals surface area (Å²) in [5.74, 6) is 3.04. The molecule has 1 aromatic heterocycles. The number of aliphatic imine (C=N–C) groups is 1. The van der Waals surface area contributed by atoms with Gasteiger partial charge in [0.2, 0.25) is 5.89 Å². The minimum absolute atomic E-state index is 0.181. The van der Waals surface area contributed by atoms with Gasteiger partial charge in [0.25, 0.3) is 0 Å². The zero-order valence-electron chi connectivity index (χ0n) is 17.4. The number of methoxy groups -OCH3 is 1. The molecule has 0 fully saturated rings. The zero-order valence-corrected chi connectivity index (χ0v) is 17.4. The molecule has 2 N–H and O–H groups in total. The maximum Gasteiger partial charge on any atom is 0.246 e. The number of hydrogen-bond acceptors (Lipinski definition) is 6. The lowest BCUT2D eigenvalue weighted by molar-refractivity contribution is 0.0683. The normalized spacial score (nSPS) is 13.8. The number of rotatable bonds is 10.